The van der Waals surface area contributed by atoms with Gasteiger partial charge in [-0.15, -0.1) is 0 Å². The Labute approximate surface area is 158 Å². The molecule has 4 aromatic carbocycles. The van der Waals surface area contributed by atoms with E-state index in [-0.39, 0.29) is 0 Å². The monoisotopic (exact) mass is 341 g/mol. The van der Waals surface area contributed by atoms with Gasteiger partial charge in [0.05, 0.1) is 5.52 Å². The second-order valence-corrected chi connectivity index (χ2v) is 7.86. The maximum atomic E-state index is 2.49. The van der Waals surface area contributed by atoms with E-state index in [1.54, 1.807) is 0 Å². The Kier molecular flexibility index (Phi) is 2.33. The molecule has 0 aliphatic carbocycles. The van der Waals surface area contributed by atoms with Crippen molar-refractivity contribution in [1.29, 1.82) is 0 Å². The van der Waals surface area contributed by atoms with Gasteiger partial charge in [-0.3, -0.25) is 0 Å². The van der Waals surface area contributed by atoms with Crippen LogP contribution in [0, 0.1) is 6.92 Å². The van der Waals surface area contributed by atoms with Crippen molar-refractivity contribution in [2.75, 3.05) is 0 Å². The van der Waals surface area contributed by atoms with Gasteiger partial charge in [0.1, 0.15) is 0 Å². The second kappa shape index (κ2) is 4.53. The fourth-order valence-electron chi connectivity index (χ4n) is 5.43. The minimum atomic E-state index is 0.340. The van der Waals surface area contributed by atoms with Crippen molar-refractivity contribution in [2.45, 2.75) is 6.92 Å². The number of hydrogen-bond donors (Lipinski definition) is 0. The van der Waals surface area contributed by atoms with Crippen LogP contribution in [0.15, 0.2) is 78.9 Å². The number of benzene rings is 4. The van der Waals surface area contributed by atoms with Crippen molar-refractivity contribution in [3.63, 3.8) is 0 Å². The smallest absolute Gasteiger partial charge is 0.248 e. The summed E-state index contributed by atoms with van der Waals surface area (Å²) in [5, 5.41) is 2.71. The van der Waals surface area contributed by atoms with Gasteiger partial charge in [-0.05, 0) is 41.1 Å². The molecule has 3 heterocycles. The lowest BCUT2D eigenvalue weighted by Crippen LogP contribution is -2.53. The van der Waals surface area contributed by atoms with Crippen LogP contribution in [0.1, 0.15) is 5.56 Å². The summed E-state index contributed by atoms with van der Waals surface area (Å²) >= 11 is 0. The lowest BCUT2D eigenvalue weighted by molar-refractivity contribution is 1.19. The first kappa shape index (κ1) is 13.9. The van der Waals surface area contributed by atoms with Crippen LogP contribution in [0.5, 0.6) is 0 Å². The maximum Gasteiger partial charge on any atom is 0.248 e. The van der Waals surface area contributed by atoms with Crippen LogP contribution in [-0.2, 0) is 0 Å². The van der Waals surface area contributed by atoms with E-state index in [9.17, 15) is 0 Å². The summed E-state index contributed by atoms with van der Waals surface area (Å²) in [7, 11) is 0. The molecule has 0 N–H and O–H groups in total. The molecule has 7 rings (SSSR count). The number of nitrogens with zero attached hydrogens (tertiary/aromatic N) is 1. The number of rotatable bonds is 0. The molecular weight excluding hydrogens is 325 g/mol. The standard InChI is InChI=1S/C25H16BN/c1-15-10-13-20-19(14-15)17-11-12-18-16-6-2-4-8-22(16)27-23-9-5-3-7-21(23)26(20)24(17)25(18)27/h2-14H,1H3. The first-order valence-electron chi connectivity index (χ1n) is 9.59. The van der Waals surface area contributed by atoms with Crippen molar-refractivity contribution >= 4 is 44.9 Å². The number of aryl methyl sites for hydroxylation is 1. The molecule has 0 radical (unpaired) electrons. The zero-order valence-electron chi connectivity index (χ0n) is 15.0. The lowest BCUT2D eigenvalue weighted by Gasteiger charge is -2.24. The van der Waals surface area contributed by atoms with E-state index in [1.807, 2.05) is 0 Å². The predicted molar refractivity (Wildman–Crippen MR) is 116 cm³/mol. The zero-order chi connectivity index (χ0) is 17.7. The summed E-state index contributed by atoms with van der Waals surface area (Å²) in [6.45, 7) is 2.53. The second-order valence-electron chi connectivity index (χ2n) is 7.86. The first-order valence-corrected chi connectivity index (χ1v) is 9.59. The number of para-hydroxylation sites is 2. The highest BCUT2D eigenvalue weighted by molar-refractivity contribution is 7.01. The van der Waals surface area contributed by atoms with Gasteiger partial charge in [0.2, 0.25) is 6.71 Å². The van der Waals surface area contributed by atoms with Crippen molar-refractivity contribution in [3.05, 3.63) is 84.4 Å². The van der Waals surface area contributed by atoms with Crippen LogP contribution in [0.25, 0.3) is 38.6 Å². The maximum absolute atomic E-state index is 2.49. The quantitative estimate of drug-likeness (QED) is 0.369. The fraction of sp³-hybridized carbons (Fsp3) is 0.0400. The molecule has 0 saturated heterocycles. The molecule has 1 nitrogen and oxygen atoms in total. The molecule has 27 heavy (non-hydrogen) atoms. The third-order valence-electron chi connectivity index (χ3n) is 6.46. The van der Waals surface area contributed by atoms with Gasteiger partial charge in [0.25, 0.3) is 0 Å². The topological polar surface area (TPSA) is 4.93 Å². The van der Waals surface area contributed by atoms with Gasteiger partial charge in [0.15, 0.2) is 0 Å². The van der Waals surface area contributed by atoms with Crippen LogP contribution < -0.4 is 16.4 Å². The molecule has 124 valence electrons. The highest BCUT2D eigenvalue weighted by Crippen LogP contribution is 2.37. The summed E-state index contributed by atoms with van der Waals surface area (Å²) in [5.41, 5.74) is 12.5. The molecule has 0 atom stereocenters. The SMILES string of the molecule is Cc1ccc2c(c1)-c1ccc3c4ccccc4n4c3c1B2c1ccccc1-4. The normalized spacial score (nSPS) is 13.3. The molecule has 0 bridgehead atoms. The highest BCUT2D eigenvalue weighted by Gasteiger charge is 2.40. The average Bonchev–Trinajstić information content (AvgIpc) is 3.21. The van der Waals surface area contributed by atoms with Crippen LogP contribution >= 0.6 is 0 Å². The minimum absolute atomic E-state index is 0.340. The number of aromatic nitrogens is 1. The Bertz CT molecular complexity index is 1440. The summed E-state index contributed by atoms with van der Waals surface area (Å²) in [6, 6.07) is 29.4. The Morgan fingerprint density at radius 1 is 0.704 bits per heavy atom. The Balaban J connectivity index is 1.80. The van der Waals surface area contributed by atoms with Gasteiger partial charge in [-0.25, -0.2) is 0 Å². The molecule has 5 aromatic rings. The van der Waals surface area contributed by atoms with E-state index in [0.717, 1.165) is 0 Å². The van der Waals surface area contributed by atoms with E-state index in [0.29, 0.717) is 6.71 Å². The molecule has 0 saturated carbocycles. The molecule has 1 aromatic heterocycles. The van der Waals surface area contributed by atoms with Crippen LogP contribution in [0.3, 0.4) is 0 Å². The minimum Gasteiger partial charge on any atom is -0.310 e. The lowest BCUT2D eigenvalue weighted by atomic mass is 9.37. The molecule has 0 fully saturated rings. The molecule has 0 unspecified atom stereocenters. The van der Waals surface area contributed by atoms with E-state index in [2.05, 4.69) is 90.4 Å². The molecule has 0 amide bonds. The molecule has 2 aliphatic rings. The molecular formula is C25H16BN. The number of fused-ring (bicyclic) bond motifs is 9. The molecule has 2 heteroatoms. The van der Waals surface area contributed by atoms with Gasteiger partial charge in [-0.2, -0.15) is 0 Å². The predicted octanol–water partition coefficient (Wildman–Crippen LogP) is 3.90. The van der Waals surface area contributed by atoms with E-state index in [1.165, 1.54) is 60.6 Å². The Morgan fingerprint density at radius 2 is 1.56 bits per heavy atom. The van der Waals surface area contributed by atoms with E-state index < -0.39 is 0 Å². The molecule has 0 spiro atoms. The van der Waals surface area contributed by atoms with Gasteiger partial charge in [0, 0.05) is 22.0 Å². The van der Waals surface area contributed by atoms with Crippen LogP contribution in [-0.4, -0.2) is 11.3 Å². The highest BCUT2D eigenvalue weighted by atomic mass is 15.0. The summed E-state index contributed by atoms with van der Waals surface area (Å²) < 4.78 is 2.49. The average molecular weight is 341 g/mol. The van der Waals surface area contributed by atoms with Gasteiger partial charge < -0.3 is 4.57 Å². The van der Waals surface area contributed by atoms with Crippen LogP contribution in [0.4, 0.5) is 0 Å². The van der Waals surface area contributed by atoms with Crippen molar-refractivity contribution in [2.24, 2.45) is 0 Å². The third kappa shape index (κ3) is 1.50. The van der Waals surface area contributed by atoms with Crippen LogP contribution in [0.2, 0.25) is 0 Å². The summed E-state index contributed by atoms with van der Waals surface area (Å²) in [5.74, 6) is 0. The van der Waals surface area contributed by atoms with Gasteiger partial charge >= 0.3 is 0 Å². The zero-order valence-corrected chi connectivity index (χ0v) is 15.0. The summed E-state index contributed by atoms with van der Waals surface area (Å²) in [6.07, 6.45) is 0. The molecule has 2 aliphatic heterocycles. The largest absolute Gasteiger partial charge is 0.310 e. The Hall–Kier alpha value is -3.26. The fourth-order valence-corrected chi connectivity index (χ4v) is 5.43. The van der Waals surface area contributed by atoms with E-state index in [4.69, 9.17) is 0 Å². The first-order chi connectivity index (χ1) is 13.3. The summed E-state index contributed by atoms with van der Waals surface area (Å²) in [4.78, 5) is 0. The Morgan fingerprint density at radius 3 is 2.52 bits per heavy atom. The number of hydrogen-bond acceptors (Lipinski definition) is 0. The van der Waals surface area contributed by atoms with Crippen molar-refractivity contribution in [3.8, 4) is 16.8 Å². The van der Waals surface area contributed by atoms with Crippen molar-refractivity contribution < 1.29 is 0 Å². The van der Waals surface area contributed by atoms with Crippen molar-refractivity contribution in [1.82, 2.24) is 4.57 Å². The van der Waals surface area contributed by atoms with Gasteiger partial charge in [-0.1, -0.05) is 77.8 Å². The third-order valence-corrected chi connectivity index (χ3v) is 6.46. The van der Waals surface area contributed by atoms with E-state index >= 15 is 0 Å².